The monoisotopic (exact) mass is 194 g/mol. The van der Waals surface area contributed by atoms with Gasteiger partial charge in [-0.2, -0.15) is 0 Å². The predicted molar refractivity (Wildman–Crippen MR) is 58.5 cm³/mol. The van der Waals surface area contributed by atoms with Crippen LogP contribution in [0.2, 0.25) is 0 Å². The Hall–Kier alpha value is -1.25. The van der Waals surface area contributed by atoms with Crippen LogP contribution in [0.15, 0.2) is 12.3 Å². The highest BCUT2D eigenvalue weighted by Crippen LogP contribution is 2.29. The number of aromatic nitrogens is 1. The van der Waals surface area contributed by atoms with E-state index < -0.39 is 0 Å². The van der Waals surface area contributed by atoms with Crippen molar-refractivity contribution in [3.8, 4) is 5.88 Å². The number of pyridine rings is 1. The van der Waals surface area contributed by atoms with Gasteiger partial charge in [-0.25, -0.2) is 4.98 Å². The minimum absolute atomic E-state index is 0.118. The first-order valence-electron chi connectivity index (χ1n) is 4.81. The molecule has 3 heteroatoms. The zero-order valence-corrected chi connectivity index (χ0v) is 9.29. The smallest absolute Gasteiger partial charge is 0.236 e. The van der Waals surface area contributed by atoms with Gasteiger partial charge in [0.2, 0.25) is 5.88 Å². The number of rotatable bonds is 3. The van der Waals surface area contributed by atoms with Gasteiger partial charge in [0, 0.05) is 6.20 Å². The highest BCUT2D eigenvalue weighted by molar-refractivity contribution is 5.50. The maximum atomic E-state index is 5.80. The van der Waals surface area contributed by atoms with Gasteiger partial charge in [-0.05, 0) is 23.5 Å². The van der Waals surface area contributed by atoms with Gasteiger partial charge in [0.05, 0.1) is 12.8 Å². The molecule has 3 nitrogen and oxygen atoms in total. The maximum absolute atomic E-state index is 5.80. The Bertz CT molecular complexity index is 321. The van der Waals surface area contributed by atoms with E-state index in [4.69, 9.17) is 10.5 Å². The summed E-state index contributed by atoms with van der Waals surface area (Å²) in [6.07, 6.45) is 2.89. The van der Waals surface area contributed by atoms with Crippen molar-refractivity contribution in [2.45, 2.75) is 32.6 Å². The molecule has 0 spiro atoms. The molecule has 0 aliphatic rings. The van der Waals surface area contributed by atoms with E-state index in [-0.39, 0.29) is 5.41 Å². The Balaban J connectivity index is 3.08. The van der Waals surface area contributed by atoms with Crippen molar-refractivity contribution >= 4 is 5.69 Å². The fourth-order valence-corrected chi connectivity index (χ4v) is 1.21. The van der Waals surface area contributed by atoms with Crippen molar-refractivity contribution in [3.05, 3.63) is 17.8 Å². The van der Waals surface area contributed by atoms with Gasteiger partial charge in [0.15, 0.2) is 0 Å². The molecule has 0 amide bonds. The van der Waals surface area contributed by atoms with Crippen LogP contribution in [0.3, 0.4) is 0 Å². The van der Waals surface area contributed by atoms with Gasteiger partial charge < -0.3 is 10.5 Å². The summed E-state index contributed by atoms with van der Waals surface area (Å²) in [4.78, 5) is 4.16. The Kier molecular flexibility index (Phi) is 2.99. The molecule has 0 unspecified atom stereocenters. The summed E-state index contributed by atoms with van der Waals surface area (Å²) in [7, 11) is 1.57. The Morgan fingerprint density at radius 1 is 1.50 bits per heavy atom. The fraction of sp³-hybridized carbons (Fsp3) is 0.545. The van der Waals surface area contributed by atoms with Gasteiger partial charge in [-0.15, -0.1) is 0 Å². The Morgan fingerprint density at radius 3 is 2.57 bits per heavy atom. The summed E-state index contributed by atoms with van der Waals surface area (Å²) in [5.74, 6) is 0.501. The molecule has 14 heavy (non-hydrogen) atoms. The molecule has 0 aromatic carbocycles. The lowest BCUT2D eigenvalue weighted by atomic mass is 9.83. The molecule has 1 aromatic rings. The lowest BCUT2D eigenvalue weighted by Crippen LogP contribution is -2.16. The zero-order valence-electron chi connectivity index (χ0n) is 9.29. The molecular formula is C11H18N2O. The molecule has 2 N–H and O–H groups in total. The number of ether oxygens (including phenoxy) is 1. The van der Waals surface area contributed by atoms with E-state index in [1.807, 2.05) is 12.3 Å². The molecule has 0 atom stereocenters. The van der Waals surface area contributed by atoms with Crippen molar-refractivity contribution in [2.24, 2.45) is 0 Å². The average Bonchev–Trinajstić information content (AvgIpc) is 2.17. The average molecular weight is 194 g/mol. The number of nitrogen functional groups attached to an aromatic ring is 1. The third-order valence-electron chi connectivity index (χ3n) is 2.74. The zero-order chi connectivity index (χ0) is 10.8. The van der Waals surface area contributed by atoms with Crippen molar-refractivity contribution in [2.75, 3.05) is 12.8 Å². The molecule has 1 heterocycles. The SMILES string of the molecule is CCC(C)(C)c1cnc(OC)c(N)c1. The van der Waals surface area contributed by atoms with E-state index in [0.29, 0.717) is 11.6 Å². The van der Waals surface area contributed by atoms with E-state index >= 15 is 0 Å². The van der Waals surface area contributed by atoms with Crippen LogP contribution in [0.1, 0.15) is 32.8 Å². The normalized spacial score (nSPS) is 11.4. The summed E-state index contributed by atoms with van der Waals surface area (Å²) in [6, 6.07) is 1.94. The van der Waals surface area contributed by atoms with Crippen LogP contribution in [0.5, 0.6) is 5.88 Å². The molecule has 0 aliphatic heterocycles. The Labute approximate surface area is 85.3 Å². The van der Waals surface area contributed by atoms with Crippen LogP contribution in [0, 0.1) is 0 Å². The number of hydrogen-bond donors (Lipinski definition) is 1. The van der Waals surface area contributed by atoms with Crippen molar-refractivity contribution in [3.63, 3.8) is 0 Å². The first-order chi connectivity index (χ1) is 6.51. The number of anilines is 1. The first kappa shape index (κ1) is 10.8. The minimum atomic E-state index is 0.118. The van der Waals surface area contributed by atoms with Crippen LogP contribution in [-0.4, -0.2) is 12.1 Å². The van der Waals surface area contributed by atoms with E-state index in [2.05, 4.69) is 25.8 Å². The number of nitrogens with two attached hydrogens (primary N) is 1. The van der Waals surface area contributed by atoms with Gasteiger partial charge >= 0.3 is 0 Å². The highest BCUT2D eigenvalue weighted by atomic mass is 16.5. The van der Waals surface area contributed by atoms with E-state index in [1.165, 1.54) is 0 Å². The lowest BCUT2D eigenvalue weighted by Gasteiger charge is -2.23. The quantitative estimate of drug-likeness (QED) is 0.803. The topological polar surface area (TPSA) is 48.1 Å². The number of hydrogen-bond acceptors (Lipinski definition) is 3. The van der Waals surface area contributed by atoms with Crippen molar-refractivity contribution in [1.82, 2.24) is 4.98 Å². The second-order valence-electron chi connectivity index (χ2n) is 4.06. The van der Waals surface area contributed by atoms with E-state index in [0.717, 1.165) is 12.0 Å². The molecule has 1 rings (SSSR count). The summed E-state index contributed by atoms with van der Waals surface area (Å²) < 4.78 is 5.01. The maximum Gasteiger partial charge on any atom is 0.236 e. The van der Waals surface area contributed by atoms with Gasteiger partial charge in [-0.1, -0.05) is 20.8 Å². The van der Waals surface area contributed by atoms with Crippen molar-refractivity contribution in [1.29, 1.82) is 0 Å². The largest absolute Gasteiger partial charge is 0.480 e. The van der Waals surface area contributed by atoms with Crippen LogP contribution in [0.25, 0.3) is 0 Å². The second-order valence-corrected chi connectivity index (χ2v) is 4.06. The molecule has 0 radical (unpaired) electrons. The molecule has 0 fully saturated rings. The molecule has 78 valence electrons. The van der Waals surface area contributed by atoms with Crippen LogP contribution < -0.4 is 10.5 Å². The van der Waals surface area contributed by atoms with E-state index in [1.54, 1.807) is 7.11 Å². The minimum Gasteiger partial charge on any atom is -0.480 e. The summed E-state index contributed by atoms with van der Waals surface area (Å²) in [6.45, 7) is 6.51. The molecule has 0 bridgehead atoms. The van der Waals surface area contributed by atoms with Crippen LogP contribution in [0.4, 0.5) is 5.69 Å². The third-order valence-corrected chi connectivity index (χ3v) is 2.74. The number of nitrogens with zero attached hydrogens (tertiary/aromatic N) is 1. The Morgan fingerprint density at radius 2 is 2.14 bits per heavy atom. The highest BCUT2D eigenvalue weighted by Gasteiger charge is 2.19. The second kappa shape index (κ2) is 3.86. The fourth-order valence-electron chi connectivity index (χ4n) is 1.21. The van der Waals surface area contributed by atoms with Crippen molar-refractivity contribution < 1.29 is 4.74 Å². The summed E-state index contributed by atoms with van der Waals surface area (Å²) in [5, 5.41) is 0. The standard InChI is InChI=1S/C11H18N2O/c1-5-11(2,3)8-6-9(12)10(14-4)13-7-8/h6-7H,5,12H2,1-4H3. The summed E-state index contributed by atoms with van der Waals surface area (Å²) >= 11 is 0. The van der Waals surface area contributed by atoms with E-state index in [9.17, 15) is 0 Å². The van der Waals surface area contributed by atoms with Gasteiger partial charge in [0.1, 0.15) is 0 Å². The first-order valence-corrected chi connectivity index (χ1v) is 4.81. The summed E-state index contributed by atoms with van der Waals surface area (Å²) in [5.41, 5.74) is 7.67. The molecule has 1 aromatic heterocycles. The van der Waals surface area contributed by atoms with Crippen LogP contribution >= 0.6 is 0 Å². The predicted octanol–water partition coefficient (Wildman–Crippen LogP) is 2.36. The molecular weight excluding hydrogens is 176 g/mol. The van der Waals surface area contributed by atoms with Crippen LogP contribution in [-0.2, 0) is 5.41 Å². The molecule has 0 saturated heterocycles. The molecule has 0 saturated carbocycles. The molecule has 0 aliphatic carbocycles. The number of methoxy groups -OCH3 is 1. The van der Waals surface area contributed by atoms with Gasteiger partial charge in [-0.3, -0.25) is 0 Å². The lowest BCUT2D eigenvalue weighted by molar-refractivity contribution is 0.398. The third kappa shape index (κ3) is 1.97. The van der Waals surface area contributed by atoms with Gasteiger partial charge in [0.25, 0.3) is 0 Å².